The standard InChI is InChI=1S/C12H19N5O2S/c1-7(6-20-4)5-13-11-14-8-9(15-11)16(2)12(19)17(3)10(8)18/h7H,5-6H2,1-4H3,(H2,13,14,15). The molecule has 20 heavy (non-hydrogen) atoms. The van der Waals surface area contributed by atoms with Gasteiger partial charge in [0.05, 0.1) is 0 Å². The lowest BCUT2D eigenvalue weighted by molar-refractivity contribution is 0.698. The Morgan fingerprint density at radius 2 is 2.05 bits per heavy atom. The van der Waals surface area contributed by atoms with Crippen LogP contribution in [-0.2, 0) is 14.1 Å². The van der Waals surface area contributed by atoms with Crippen LogP contribution in [0, 0.1) is 5.92 Å². The zero-order valence-corrected chi connectivity index (χ0v) is 12.9. The molecule has 0 aliphatic carbocycles. The molecule has 2 aromatic heterocycles. The summed E-state index contributed by atoms with van der Waals surface area (Å²) < 4.78 is 2.43. The van der Waals surface area contributed by atoms with Gasteiger partial charge in [-0.3, -0.25) is 13.9 Å². The van der Waals surface area contributed by atoms with Gasteiger partial charge in [-0.15, -0.1) is 0 Å². The molecule has 0 radical (unpaired) electrons. The number of fused-ring (bicyclic) bond motifs is 1. The fourth-order valence-corrected chi connectivity index (χ4v) is 2.71. The minimum absolute atomic E-state index is 0.342. The van der Waals surface area contributed by atoms with Gasteiger partial charge in [-0.25, -0.2) is 4.79 Å². The largest absolute Gasteiger partial charge is 0.355 e. The Kier molecular flexibility index (Phi) is 4.22. The summed E-state index contributed by atoms with van der Waals surface area (Å²) in [5.41, 5.74) is -0.0233. The number of aryl methyl sites for hydroxylation is 1. The molecule has 1 unspecified atom stereocenters. The Labute approximate surface area is 120 Å². The van der Waals surface area contributed by atoms with Crippen molar-refractivity contribution in [3.05, 3.63) is 20.8 Å². The minimum atomic E-state index is -0.378. The van der Waals surface area contributed by atoms with E-state index >= 15 is 0 Å². The van der Waals surface area contributed by atoms with Crippen LogP contribution in [0.15, 0.2) is 9.59 Å². The molecule has 110 valence electrons. The molecule has 0 aromatic carbocycles. The highest BCUT2D eigenvalue weighted by molar-refractivity contribution is 7.98. The molecule has 0 fully saturated rings. The minimum Gasteiger partial charge on any atom is -0.355 e. The van der Waals surface area contributed by atoms with Crippen LogP contribution < -0.4 is 16.6 Å². The predicted octanol–water partition coefficient (Wildman–Crippen LogP) is 0.371. The summed E-state index contributed by atoms with van der Waals surface area (Å²) in [4.78, 5) is 31.0. The van der Waals surface area contributed by atoms with Gasteiger partial charge in [0.15, 0.2) is 11.2 Å². The van der Waals surface area contributed by atoms with E-state index in [-0.39, 0.29) is 11.2 Å². The second-order valence-corrected chi connectivity index (χ2v) is 5.84. The van der Waals surface area contributed by atoms with Crippen LogP contribution in [0.25, 0.3) is 11.2 Å². The van der Waals surface area contributed by atoms with Gasteiger partial charge < -0.3 is 10.3 Å². The highest BCUT2D eigenvalue weighted by atomic mass is 32.2. The number of hydrogen-bond donors (Lipinski definition) is 2. The van der Waals surface area contributed by atoms with Crippen LogP contribution in [0.4, 0.5) is 5.95 Å². The predicted molar refractivity (Wildman–Crippen MR) is 82.6 cm³/mol. The van der Waals surface area contributed by atoms with Crippen LogP contribution in [0.1, 0.15) is 6.92 Å². The Hall–Kier alpha value is -1.70. The van der Waals surface area contributed by atoms with Crippen LogP contribution in [0.5, 0.6) is 0 Å². The number of nitrogens with zero attached hydrogens (tertiary/aromatic N) is 3. The van der Waals surface area contributed by atoms with Gasteiger partial charge in [-0.2, -0.15) is 16.7 Å². The average Bonchev–Trinajstić information content (AvgIpc) is 2.85. The molecule has 8 heteroatoms. The van der Waals surface area contributed by atoms with E-state index in [2.05, 4.69) is 28.5 Å². The van der Waals surface area contributed by atoms with E-state index in [0.717, 1.165) is 16.9 Å². The first-order valence-corrected chi connectivity index (χ1v) is 7.73. The summed E-state index contributed by atoms with van der Waals surface area (Å²) in [5.74, 6) is 2.06. The Morgan fingerprint density at radius 3 is 2.70 bits per heavy atom. The van der Waals surface area contributed by atoms with E-state index < -0.39 is 0 Å². The SMILES string of the molecule is CSCC(C)CNc1nc2c([nH]1)c(=O)n(C)c(=O)n2C. The molecule has 0 aliphatic rings. The summed E-state index contributed by atoms with van der Waals surface area (Å²) >= 11 is 1.79. The topological polar surface area (TPSA) is 84.7 Å². The molecule has 7 nitrogen and oxygen atoms in total. The Balaban J connectivity index is 2.35. The number of thioether (sulfide) groups is 1. The number of anilines is 1. The average molecular weight is 297 g/mol. The van der Waals surface area contributed by atoms with E-state index in [0.29, 0.717) is 23.0 Å². The maximum Gasteiger partial charge on any atom is 0.332 e. The zero-order chi connectivity index (χ0) is 14.9. The van der Waals surface area contributed by atoms with Gasteiger partial charge in [-0.05, 0) is 17.9 Å². The maximum absolute atomic E-state index is 12.0. The summed E-state index contributed by atoms with van der Waals surface area (Å²) in [6.45, 7) is 2.90. The number of aromatic nitrogens is 4. The number of aromatic amines is 1. The first-order chi connectivity index (χ1) is 9.45. The summed E-state index contributed by atoms with van der Waals surface area (Å²) in [5, 5.41) is 3.17. The van der Waals surface area contributed by atoms with Crippen molar-refractivity contribution in [1.29, 1.82) is 0 Å². The number of rotatable bonds is 5. The van der Waals surface area contributed by atoms with Crippen molar-refractivity contribution in [2.45, 2.75) is 6.92 Å². The molecular weight excluding hydrogens is 278 g/mol. The third-order valence-corrected chi connectivity index (χ3v) is 4.07. The molecule has 2 N–H and O–H groups in total. The first-order valence-electron chi connectivity index (χ1n) is 6.34. The fraction of sp³-hybridized carbons (Fsp3) is 0.583. The lowest BCUT2D eigenvalue weighted by Crippen LogP contribution is -2.36. The Bertz CT molecular complexity index is 730. The first kappa shape index (κ1) is 14.7. The highest BCUT2D eigenvalue weighted by Gasteiger charge is 2.13. The lowest BCUT2D eigenvalue weighted by atomic mass is 10.2. The number of H-pyrrole nitrogens is 1. The molecule has 0 aliphatic heterocycles. The van der Waals surface area contributed by atoms with Crippen molar-refractivity contribution in [2.75, 3.05) is 23.9 Å². The monoisotopic (exact) mass is 297 g/mol. The van der Waals surface area contributed by atoms with Crippen molar-refractivity contribution in [1.82, 2.24) is 19.1 Å². The van der Waals surface area contributed by atoms with Crippen molar-refractivity contribution in [3.8, 4) is 0 Å². The second kappa shape index (κ2) is 5.74. The van der Waals surface area contributed by atoms with Crippen LogP contribution >= 0.6 is 11.8 Å². The number of imidazole rings is 1. The molecule has 0 bridgehead atoms. The molecule has 0 spiro atoms. The fourth-order valence-electron chi connectivity index (χ4n) is 2.02. The van der Waals surface area contributed by atoms with Gasteiger partial charge in [0.1, 0.15) is 0 Å². The number of hydrogen-bond acceptors (Lipinski definition) is 5. The molecule has 1 atom stereocenters. The van der Waals surface area contributed by atoms with Crippen molar-refractivity contribution < 1.29 is 0 Å². The van der Waals surface area contributed by atoms with Crippen molar-refractivity contribution in [3.63, 3.8) is 0 Å². The third-order valence-electron chi connectivity index (χ3n) is 3.16. The van der Waals surface area contributed by atoms with E-state index in [4.69, 9.17) is 0 Å². The molecule has 2 heterocycles. The van der Waals surface area contributed by atoms with Gasteiger partial charge in [0.25, 0.3) is 5.56 Å². The van der Waals surface area contributed by atoms with Gasteiger partial charge in [0.2, 0.25) is 5.95 Å². The summed E-state index contributed by atoms with van der Waals surface area (Å²) in [7, 11) is 3.06. The lowest BCUT2D eigenvalue weighted by Gasteiger charge is -2.09. The van der Waals surface area contributed by atoms with E-state index in [1.165, 1.54) is 11.6 Å². The smallest absolute Gasteiger partial charge is 0.332 e. The van der Waals surface area contributed by atoms with Crippen molar-refractivity contribution in [2.24, 2.45) is 20.0 Å². The number of nitrogens with one attached hydrogen (secondary N) is 2. The van der Waals surface area contributed by atoms with Gasteiger partial charge in [-0.1, -0.05) is 6.92 Å². The van der Waals surface area contributed by atoms with E-state index in [1.807, 2.05) is 0 Å². The molecule has 0 amide bonds. The van der Waals surface area contributed by atoms with Crippen LogP contribution in [0.2, 0.25) is 0 Å². The second-order valence-electron chi connectivity index (χ2n) is 4.93. The molecule has 0 saturated heterocycles. The van der Waals surface area contributed by atoms with Gasteiger partial charge in [0, 0.05) is 20.6 Å². The van der Waals surface area contributed by atoms with E-state index in [1.54, 1.807) is 18.8 Å². The quantitative estimate of drug-likeness (QED) is 0.833. The molecule has 2 rings (SSSR count). The highest BCUT2D eigenvalue weighted by Crippen LogP contribution is 2.10. The Morgan fingerprint density at radius 1 is 1.35 bits per heavy atom. The molecule has 2 aromatic rings. The summed E-state index contributed by atoms with van der Waals surface area (Å²) in [6.07, 6.45) is 2.07. The van der Waals surface area contributed by atoms with Crippen molar-refractivity contribution >= 4 is 28.9 Å². The maximum atomic E-state index is 12.0. The van der Waals surface area contributed by atoms with Gasteiger partial charge >= 0.3 is 5.69 Å². The van der Waals surface area contributed by atoms with E-state index in [9.17, 15) is 9.59 Å². The van der Waals surface area contributed by atoms with Crippen LogP contribution in [0.3, 0.4) is 0 Å². The zero-order valence-electron chi connectivity index (χ0n) is 12.1. The third kappa shape index (κ3) is 2.60. The molecular formula is C12H19N5O2S. The summed E-state index contributed by atoms with van der Waals surface area (Å²) in [6, 6.07) is 0. The normalized spacial score (nSPS) is 12.8. The molecule has 0 saturated carbocycles. The van der Waals surface area contributed by atoms with Crippen LogP contribution in [-0.4, -0.2) is 37.7 Å².